The number of aryl methyl sites for hydroxylation is 1. The number of anilines is 1. The Balaban J connectivity index is 1.84. The molecule has 0 aliphatic carbocycles. The predicted molar refractivity (Wildman–Crippen MR) is 104 cm³/mol. The van der Waals surface area contributed by atoms with Crippen molar-refractivity contribution in [2.45, 2.75) is 40.3 Å². The highest BCUT2D eigenvalue weighted by atomic mass is 16.2. The third kappa shape index (κ3) is 3.63. The Kier molecular flexibility index (Phi) is 5.13. The highest BCUT2D eigenvalue weighted by Gasteiger charge is 2.20. The van der Waals surface area contributed by atoms with E-state index >= 15 is 0 Å². The Labute approximate surface area is 158 Å². The number of carbonyl (C=O) groups excluding carboxylic acids is 2. The molecule has 2 heterocycles. The number of hydrogen-bond acceptors (Lipinski definition) is 3. The Morgan fingerprint density at radius 3 is 2.85 bits per heavy atom. The van der Waals surface area contributed by atoms with Gasteiger partial charge in [-0.1, -0.05) is 13.0 Å². The molecule has 0 fully saturated rings. The maximum atomic E-state index is 12.5. The number of fused-ring (bicyclic) bond motifs is 1. The lowest BCUT2D eigenvalue weighted by atomic mass is 10.1. The Morgan fingerprint density at radius 2 is 2.15 bits per heavy atom. The van der Waals surface area contributed by atoms with E-state index in [2.05, 4.69) is 22.1 Å². The van der Waals surface area contributed by atoms with Gasteiger partial charge in [-0.25, -0.2) is 0 Å². The van der Waals surface area contributed by atoms with Crippen molar-refractivity contribution in [2.75, 3.05) is 5.32 Å². The van der Waals surface area contributed by atoms with Crippen LogP contribution in [0.3, 0.4) is 0 Å². The van der Waals surface area contributed by atoms with E-state index in [1.54, 1.807) is 24.3 Å². The van der Waals surface area contributed by atoms with E-state index < -0.39 is 5.91 Å². The van der Waals surface area contributed by atoms with Crippen LogP contribution in [-0.4, -0.2) is 16.4 Å². The fourth-order valence-electron chi connectivity index (χ4n) is 3.33. The number of nitrogens with one attached hydrogen (secondary N) is 2. The zero-order valence-electron chi connectivity index (χ0n) is 15.7. The summed E-state index contributed by atoms with van der Waals surface area (Å²) in [5, 5.41) is 14.9. The molecule has 0 unspecified atom stereocenters. The van der Waals surface area contributed by atoms with E-state index in [4.69, 9.17) is 0 Å². The molecule has 2 N–H and O–H groups in total. The van der Waals surface area contributed by atoms with Crippen molar-refractivity contribution in [3.8, 4) is 6.07 Å². The van der Waals surface area contributed by atoms with Gasteiger partial charge in [-0.15, -0.1) is 0 Å². The lowest BCUT2D eigenvalue weighted by Gasteiger charge is -2.07. The fourth-order valence-corrected chi connectivity index (χ4v) is 3.33. The number of nitriles is 1. The van der Waals surface area contributed by atoms with Crippen molar-refractivity contribution in [2.24, 2.45) is 0 Å². The SMILES string of the molecule is CCCn1c(C)cc(C=C(C#N)C(=O)Nc2ccc3c(c2)C(=O)NC3)c1C. The van der Waals surface area contributed by atoms with Crippen molar-refractivity contribution < 1.29 is 9.59 Å². The molecule has 0 atom stereocenters. The van der Waals surface area contributed by atoms with Gasteiger partial charge in [0.25, 0.3) is 11.8 Å². The topological polar surface area (TPSA) is 86.9 Å². The number of amides is 2. The largest absolute Gasteiger partial charge is 0.349 e. The molecule has 3 rings (SSSR count). The number of benzene rings is 1. The molecular weight excluding hydrogens is 340 g/mol. The van der Waals surface area contributed by atoms with Gasteiger partial charge in [0.1, 0.15) is 11.6 Å². The summed E-state index contributed by atoms with van der Waals surface area (Å²) >= 11 is 0. The molecule has 1 aromatic carbocycles. The van der Waals surface area contributed by atoms with Crippen LogP contribution in [0.25, 0.3) is 6.08 Å². The van der Waals surface area contributed by atoms with Gasteiger partial charge in [0.2, 0.25) is 0 Å². The molecule has 2 amide bonds. The zero-order valence-corrected chi connectivity index (χ0v) is 15.7. The van der Waals surface area contributed by atoms with Crippen LogP contribution in [0.2, 0.25) is 0 Å². The van der Waals surface area contributed by atoms with E-state index in [1.807, 2.05) is 26.0 Å². The van der Waals surface area contributed by atoms with Gasteiger partial charge in [0, 0.05) is 35.7 Å². The molecule has 1 aliphatic heterocycles. The lowest BCUT2D eigenvalue weighted by Crippen LogP contribution is -2.15. The number of rotatable bonds is 5. The van der Waals surface area contributed by atoms with E-state index in [1.165, 1.54) is 0 Å². The summed E-state index contributed by atoms with van der Waals surface area (Å²) in [7, 11) is 0. The van der Waals surface area contributed by atoms with Crippen LogP contribution in [0.5, 0.6) is 0 Å². The summed E-state index contributed by atoms with van der Waals surface area (Å²) in [6.07, 6.45) is 2.63. The second-order valence-corrected chi connectivity index (χ2v) is 6.66. The number of hydrogen-bond donors (Lipinski definition) is 2. The number of carbonyl (C=O) groups is 2. The van der Waals surface area contributed by atoms with Crippen molar-refractivity contribution in [3.05, 3.63) is 57.9 Å². The second kappa shape index (κ2) is 7.50. The van der Waals surface area contributed by atoms with Crippen molar-refractivity contribution in [1.82, 2.24) is 9.88 Å². The molecular formula is C21H22N4O2. The summed E-state index contributed by atoms with van der Waals surface area (Å²) in [5.41, 5.74) is 4.97. The fraction of sp³-hybridized carbons (Fsp3) is 0.286. The highest BCUT2D eigenvalue weighted by molar-refractivity contribution is 6.10. The molecule has 6 nitrogen and oxygen atoms in total. The zero-order chi connectivity index (χ0) is 19.6. The van der Waals surface area contributed by atoms with Crippen LogP contribution in [0.1, 0.15) is 46.2 Å². The first-order valence-electron chi connectivity index (χ1n) is 8.95. The minimum Gasteiger partial charge on any atom is -0.349 e. The molecule has 138 valence electrons. The van der Waals surface area contributed by atoms with E-state index in [0.717, 1.165) is 35.5 Å². The lowest BCUT2D eigenvalue weighted by molar-refractivity contribution is -0.112. The molecule has 2 aromatic rings. The maximum absolute atomic E-state index is 12.5. The second-order valence-electron chi connectivity index (χ2n) is 6.66. The minimum absolute atomic E-state index is 0.0247. The Bertz CT molecular complexity index is 992. The first kappa shape index (κ1) is 18.5. The van der Waals surface area contributed by atoms with Gasteiger partial charge in [-0.3, -0.25) is 9.59 Å². The quantitative estimate of drug-likeness (QED) is 0.632. The third-order valence-corrected chi connectivity index (χ3v) is 4.78. The highest BCUT2D eigenvalue weighted by Crippen LogP contribution is 2.22. The summed E-state index contributed by atoms with van der Waals surface area (Å²) in [4.78, 5) is 24.3. The average Bonchev–Trinajstić information content (AvgIpc) is 3.14. The number of nitrogens with zero attached hydrogens (tertiary/aromatic N) is 2. The molecule has 0 saturated heterocycles. The van der Waals surface area contributed by atoms with E-state index in [-0.39, 0.29) is 11.5 Å². The average molecular weight is 362 g/mol. The van der Waals surface area contributed by atoms with Crippen LogP contribution in [0.15, 0.2) is 29.8 Å². The maximum Gasteiger partial charge on any atom is 0.266 e. The van der Waals surface area contributed by atoms with Crippen LogP contribution < -0.4 is 10.6 Å². The summed E-state index contributed by atoms with van der Waals surface area (Å²) in [6, 6.07) is 9.14. The Hall–Kier alpha value is -3.33. The monoisotopic (exact) mass is 362 g/mol. The normalized spacial score (nSPS) is 13.1. The van der Waals surface area contributed by atoms with Crippen LogP contribution in [-0.2, 0) is 17.9 Å². The van der Waals surface area contributed by atoms with Crippen molar-refractivity contribution in [1.29, 1.82) is 5.26 Å². The van der Waals surface area contributed by atoms with E-state index in [0.29, 0.717) is 17.8 Å². The Morgan fingerprint density at radius 1 is 1.37 bits per heavy atom. The molecule has 27 heavy (non-hydrogen) atoms. The molecule has 0 spiro atoms. The minimum atomic E-state index is -0.490. The number of aromatic nitrogens is 1. The van der Waals surface area contributed by atoms with Crippen LogP contribution in [0, 0.1) is 25.2 Å². The summed E-state index contributed by atoms with van der Waals surface area (Å²) < 4.78 is 2.18. The van der Waals surface area contributed by atoms with Crippen LogP contribution in [0.4, 0.5) is 5.69 Å². The standard InChI is InChI=1S/C21H22N4O2/c1-4-7-25-13(2)8-16(14(25)3)9-17(11-22)20(26)24-18-6-5-15-12-23-21(27)19(15)10-18/h5-6,8-10H,4,7,12H2,1-3H3,(H,23,27)(H,24,26). The molecule has 0 radical (unpaired) electrons. The summed E-state index contributed by atoms with van der Waals surface area (Å²) in [5.74, 6) is -0.642. The van der Waals surface area contributed by atoms with E-state index in [9.17, 15) is 14.9 Å². The first-order valence-corrected chi connectivity index (χ1v) is 8.95. The first-order chi connectivity index (χ1) is 12.9. The van der Waals surface area contributed by atoms with Crippen molar-refractivity contribution >= 4 is 23.6 Å². The van der Waals surface area contributed by atoms with Gasteiger partial charge >= 0.3 is 0 Å². The van der Waals surface area contributed by atoms with Crippen molar-refractivity contribution in [3.63, 3.8) is 0 Å². The molecule has 1 aliphatic rings. The van der Waals surface area contributed by atoms with Gasteiger partial charge in [-0.05, 0) is 55.7 Å². The smallest absolute Gasteiger partial charge is 0.266 e. The van der Waals surface area contributed by atoms with Gasteiger partial charge in [-0.2, -0.15) is 5.26 Å². The third-order valence-electron chi connectivity index (χ3n) is 4.78. The van der Waals surface area contributed by atoms with Gasteiger partial charge < -0.3 is 15.2 Å². The molecule has 0 saturated carbocycles. The van der Waals surface area contributed by atoms with Crippen LogP contribution >= 0.6 is 0 Å². The van der Waals surface area contributed by atoms with Gasteiger partial charge in [0.05, 0.1) is 0 Å². The molecule has 1 aromatic heterocycles. The summed E-state index contributed by atoms with van der Waals surface area (Å²) in [6.45, 7) is 7.51. The van der Waals surface area contributed by atoms with Gasteiger partial charge in [0.15, 0.2) is 0 Å². The predicted octanol–water partition coefficient (Wildman–Crippen LogP) is 3.30. The molecule has 6 heteroatoms. The molecule has 0 bridgehead atoms.